The maximum Gasteiger partial charge on any atom is 0.287 e. The third-order valence-electron chi connectivity index (χ3n) is 2.71. The molecule has 0 spiro atoms. The molecule has 0 saturated heterocycles. The number of rotatable bonds is 3. The minimum atomic E-state index is -0.530. The van der Waals surface area contributed by atoms with E-state index in [1.54, 1.807) is 12.1 Å². The summed E-state index contributed by atoms with van der Waals surface area (Å²) in [6.07, 6.45) is 1.12. The van der Waals surface area contributed by atoms with E-state index in [1.807, 2.05) is 13.0 Å². The molecular formula is C13H12ClN5O2. The number of nitrogens with zero attached hydrogens (tertiary/aromatic N) is 3. The first-order valence-electron chi connectivity index (χ1n) is 5.94. The van der Waals surface area contributed by atoms with Crippen molar-refractivity contribution in [2.75, 3.05) is 5.32 Å². The van der Waals surface area contributed by atoms with Crippen molar-refractivity contribution in [2.45, 2.75) is 6.92 Å². The molecule has 0 aliphatic rings. The lowest BCUT2D eigenvalue weighted by molar-refractivity contribution is -0.385. The number of aromatic nitrogens is 1. The van der Waals surface area contributed by atoms with Crippen molar-refractivity contribution in [1.82, 2.24) is 4.98 Å². The largest absolute Gasteiger partial charge is 0.369 e. The van der Waals surface area contributed by atoms with Gasteiger partial charge >= 0.3 is 0 Å². The van der Waals surface area contributed by atoms with Crippen LogP contribution in [0.15, 0.2) is 41.5 Å². The fraction of sp³-hybridized carbons (Fsp3) is 0.0769. The van der Waals surface area contributed by atoms with Gasteiger partial charge in [0, 0.05) is 16.8 Å². The van der Waals surface area contributed by atoms with Crippen LogP contribution in [0.1, 0.15) is 5.56 Å². The van der Waals surface area contributed by atoms with Crippen molar-refractivity contribution in [3.8, 4) is 0 Å². The number of anilines is 1. The summed E-state index contributed by atoms with van der Waals surface area (Å²) in [5, 5.41) is 14.0. The Morgan fingerprint density at radius 2 is 2.19 bits per heavy atom. The second kappa shape index (κ2) is 6.19. The molecule has 1 heterocycles. The van der Waals surface area contributed by atoms with Crippen molar-refractivity contribution in [3.05, 3.63) is 57.2 Å². The van der Waals surface area contributed by atoms with Crippen molar-refractivity contribution in [2.24, 2.45) is 10.7 Å². The van der Waals surface area contributed by atoms with E-state index < -0.39 is 4.92 Å². The lowest BCUT2D eigenvalue weighted by Gasteiger charge is -2.09. The Morgan fingerprint density at radius 3 is 2.81 bits per heavy atom. The first kappa shape index (κ1) is 14.7. The van der Waals surface area contributed by atoms with Gasteiger partial charge in [-0.2, -0.15) is 4.99 Å². The SMILES string of the molecule is Cc1c(Cl)cccc1NC(N)=Nc1ccc([N+](=O)[O-])cn1. The maximum atomic E-state index is 10.5. The third-order valence-corrected chi connectivity index (χ3v) is 3.12. The van der Waals surface area contributed by atoms with Gasteiger partial charge in [0.2, 0.25) is 0 Å². The van der Waals surface area contributed by atoms with E-state index in [4.69, 9.17) is 17.3 Å². The van der Waals surface area contributed by atoms with E-state index in [1.165, 1.54) is 12.1 Å². The summed E-state index contributed by atoms with van der Waals surface area (Å²) in [6.45, 7) is 1.85. The highest BCUT2D eigenvalue weighted by molar-refractivity contribution is 6.31. The average molecular weight is 306 g/mol. The van der Waals surface area contributed by atoms with Crippen LogP contribution in [0.3, 0.4) is 0 Å². The molecule has 108 valence electrons. The number of guanidine groups is 1. The molecule has 0 amide bonds. The van der Waals surface area contributed by atoms with Gasteiger partial charge in [-0.3, -0.25) is 10.1 Å². The van der Waals surface area contributed by atoms with Gasteiger partial charge in [-0.15, -0.1) is 0 Å². The summed E-state index contributed by atoms with van der Waals surface area (Å²) in [4.78, 5) is 17.9. The first-order valence-corrected chi connectivity index (χ1v) is 6.32. The Hall–Kier alpha value is -2.67. The predicted molar refractivity (Wildman–Crippen MR) is 82.0 cm³/mol. The van der Waals surface area contributed by atoms with Gasteiger partial charge in [0.15, 0.2) is 11.8 Å². The van der Waals surface area contributed by atoms with E-state index in [9.17, 15) is 10.1 Å². The van der Waals surface area contributed by atoms with Gasteiger partial charge < -0.3 is 11.1 Å². The van der Waals surface area contributed by atoms with E-state index in [2.05, 4.69) is 15.3 Å². The lowest BCUT2D eigenvalue weighted by Crippen LogP contribution is -2.22. The smallest absolute Gasteiger partial charge is 0.287 e. The van der Waals surface area contributed by atoms with Crippen LogP contribution >= 0.6 is 11.6 Å². The number of nitrogens with one attached hydrogen (secondary N) is 1. The zero-order chi connectivity index (χ0) is 15.4. The molecule has 8 heteroatoms. The monoisotopic (exact) mass is 305 g/mol. The summed E-state index contributed by atoms with van der Waals surface area (Å²) in [7, 11) is 0. The number of benzene rings is 1. The summed E-state index contributed by atoms with van der Waals surface area (Å²) in [6, 6.07) is 8.09. The van der Waals surface area contributed by atoms with Gasteiger partial charge in [0.1, 0.15) is 6.20 Å². The van der Waals surface area contributed by atoms with Crippen LogP contribution in [0.2, 0.25) is 5.02 Å². The van der Waals surface area contributed by atoms with Crippen molar-refractivity contribution in [3.63, 3.8) is 0 Å². The van der Waals surface area contributed by atoms with Crippen LogP contribution in [0.5, 0.6) is 0 Å². The fourth-order valence-electron chi connectivity index (χ4n) is 1.58. The quantitative estimate of drug-likeness (QED) is 0.392. The summed E-state index contributed by atoms with van der Waals surface area (Å²) in [5.41, 5.74) is 7.24. The molecule has 0 bridgehead atoms. The molecule has 0 aliphatic heterocycles. The zero-order valence-electron chi connectivity index (χ0n) is 11.1. The molecular weight excluding hydrogens is 294 g/mol. The Morgan fingerprint density at radius 1 is 1.43 bits per heavy atom. The third kappa shape index (κ3) is 3.67. The summed E-state index contributed by atoms with van der Waals surface area (Å²) in [5.74, 6) is 0.381. The number of hydrogen-bond donors (Lipinski definition) is 2. The standard InChI is InChI=1S/C13H12ClN5O2/c1-8-10(14)3-2-4-11(8)17-13(15)18-12-6-5-9(7-16-12)19(20)21/h2-7H,1H3,(H3,15,16,17,18). The van der Waals surface area contributed by atoms with Crippen molar-refractivity contribution >= 4 is 34.8 Å². The molecule has 1 aromatic carbocycles. The van der Waals surface area contributed by atoms with Crippen molar-refractivity contribution < 1.29 is 4.92 Å². The summed E-state index contributed by atoms with van der Waals surface area (Å²) >= 11 is 6.01. The van der Waals surface area contributed by atoms with E-state index >= 15 is 0 Å². The van der Waals surface area contributed by atoms with Gasteiger partial charge in [0.05, 0.1) is 4.92 Å². The van der Waals surface area contributed by atoms with Gasteiger partial charge in [-0.1, -0.05) is 17.7 Å². The van der Waals surface area contributed by atoms with Gasteiger partial charge in [0.25, 0.3) is 5.69 Å². The Kier molecular flexibility index (Phi) is 4.34. The van der Waals surface area contributed by atoms with Gasteiger partial charge in [-0.05, 0) is 30.7 Å². The van der Waals surface area contributed by atoms with E-state index in [0.29, 0.717) is 5.02 Å². The zero-order valence-corrected chi connectivity index (χ0v) is 11.8. The highest BCUT2D eigenvalue weighted by Gasteiger charge is 2.06. The topological polar surface area (TPSA) is 106 Å². The first-order chi connectivity index (χ1) is 9.97. The highest BCUT2D eigenvalue weighted by Crippen LogP contribution is 2.23. The number of pyridine rings is 1. The van der Waals surface area contributed by atoms with Crippen LogP contribution < -0.4 is 11.1 Å². The minimum Gasteiger partial charge on any atom is -0.369 e. The molecule has 0 fully saturated rings. The van der Waals surface area contributed by atoms with E-state index in [-0.39, 0.29) is 17.5 Å². The average Bonchev–Trinajstić information content (AvgIpc) is 2.44. The number of hydrogen-bond acceptors (Lipinski definition) is 4. The van der Waals surface area contributed by atoms with Crippen molar-refractivity contribution in [1.29, 1.82) is 0 Å². The number of nitrogens with two attached hydrogens (primary N) is 1. The molecule has 0 aliphatic carbocycles. The molecule has 0 unspecified atom stereocenters. The maximum absolute atomic E-state index is 10.5. The molecule has 0 atom stereocenters. The molecule has 0 radical (unpaired) electrons. The summed E-state index contributed by atoms with van der Waals surface area (Å²) < 4.78 is 0. The minimum absolute atomic E-state index is 0.105. The lowest BCUT2D eigenvalue weighted by atomic mass is 10.2. The van der Waals surface area contributed by atoms with Gasteiger partial charge in [-0.25, -0.2) is 4.98 Å². The number of halogens is 1. The molecule has 2 rings (SSSR count). The molecule has 3 N–H and O–H groups in total. The van der Waals surface area contributed by atoms with Crippen LogP contribution in [0.4, 0.5) is 17.2 Å². The Labute approximate surface area is 125 Å². The fourth-order valence-corrected chi connectivity index (χ4v) is 1.76. The Bertz CT molecular complexity index is 700. The number of nitro groups is 1. The van der Waals surface area contributed by atoms with Crippen LogP contribution in [-0.2, 0) is 0 Å². The number of aliphatic imine (C=N–C) groups is 1. The predicted octanol–water partition coefficient (Wildman–Crippen LogP) is 3.01. The highest BCUT2D eigenvalue weighted by atomic mass is 35.5. The van der Waals surface area contributed by atoms with Crippen LogP contribution in [0, 0.1) is 17.0 Å². The second-order valence-corrected chi connectivity index (χ2v) is 4.57. The second-order valence-electron chi connectivity index (χ2n) is 4.17. The molecule has 0 saturated carbocycles. The van der Waals surface area contributed by atoms with Crippen LogP contribution in [0.25, 0.3) is 0 Å². The Balaban J connectivity index is 2.17. The van der Waals surface area contributed by atoms with Crippen LogP contribution in [-0.4, -0.2) is 15.9 Å². The normalized spacial score (nSPS) is 11.2. The molecule has 1 aromatic heterocycles. The molecule has 21 heavy (non-hydrogen) atoms. The van der Waals surface area contributed by atoms with E-state index in [0.717, 1.165) is 17.4 Å². The molecule has 7 nitrogen and oxygen atoms in total. The molecule has 2 aromatic rings.